The number of carbonyl (C=O) groups is 2. The highest BCUT2D eigenvalue weighted by Gasteiger charge is 2.33. The van der Waals surface area contributed by atoms with Crippen LogP contribution in [0.25, 0.3) is 6.08 Å². The van der Waals surface area contributed by atoms with Crippen molar-refractivity contribution in [1.82, 2.24) is 10.2 Å². The molecule has 0 bridgehead atoms. The number of benzene rings is 1. The van der Waals surface area contributed by atoms with Crippen LogP contribution < -0.4 is 5.32 Å². The van der Waals surface area contributed by atoms with E-state index in [1.165, 1.54) is 16.7 Å². The van der Waals surface area contributed by atoms with E-state index in [1.54, 1.807) is 0 Å². The van der Waals surface area contributed by atoms with E-state index in [-0.39, 0.29) is 24.4 Å². The van der Waals surface area contributed by atoms with Gasteiger partial charge in [0, 0.05) is 6.04 Å². The van der Waals surface area contributed by atoms with Crippen LogP contribution in [0.3, 0.4) is 0 Å². The maximum Gasteiger partial charge on any atom is 0.266 e. The molecular weight excluding hydrogens is 328 g/mol. The molecule has 0 atom stereocenters. The van der Waals surface area contributed by atoms with E-state index in [0.717, 1.165) is 31.2 Å². The molecule has 1 aliphatic heterocycles. The SMILES string of the molecule is O=C(CN1C(=O)/C(=C\c2ccccc2)SC1=S)NC1CCCC1. The van der Waals surface area contributed by atoms with Gasteiger partial charge in [0.05, 0.1) is 4.91 Å². The average Bonchev–Trinajstić information content (AvgIpc) is 3.13. The predicted octanol–water partition coefficient (Wildman–Crippen LogP) is 2.95. The molecule has 1 aromatic rings. The molecule has 4 nitrogen and oxygen atoms in total. The lowest BCUT2D eigenvalue weighted by Crippen LogP contribution is -2.42. The highest BCUT2D eigenvalue weighted by Crippen LogP contribution is 2.32. The van der Waals surface area contributed by atoms with Crippen molar-refractivity contribution in [3.8, 4) is 0 Å². The summed E-state index contributed by atoms with van der Waals surface area (Å²) in [5.74, 6) is -0.320. The Morgan fingerprint density at radius 2 is 2.00 bits per heavy atom. The Labute approximate surface area is 145 Å². The Hall–Kier alpha value is -1.66. The first-order valence-corrected chi connectivity index (χ1v) is 8.96. The molecule has 0 aromatic heterocycles. The van der Waals surface area contributed by atoms with Crippen LogP contribution in [0.5, 0.6) is 0 Å². The van der Waals surface area contributed by atoms with Crippen LogP contribution in [0.4, 0.5) is 0 Å². The van der Waals surface area contributed by atoms with E-state index < -0.39 is 0 Å². The standard InChI is InChI=1S/C17H18N2O2S2/c20-15(18-13-8-4-5-9-13)11-19-16(21)14(23-17(19)22)10-12-6-2-1-3-7-12/h1-3,6-7,10,13H,4-5,8-9,11H2,(H,18,20)/b14-10+. The lowest BCUT2D eigenvalue weighted by atomic mass is 10.2. The molecule has 2 amide bonds. The Balaban J connectivity index is 1.64. The van der Waals surface area contributed by atoms with Crippen LogP contribution in [-0.2, 0) is 9.59 Å². The summed E-state index contributed by atoms with van der Waals surface area (Å²) in [6.45, 7) is 0.00724. The zero-order valence-electron chi connectivity index (χ0n) is 12.7. The van der Waals surface area contributed by atoms with Gasteiger partial charge >= 0.3 is 0 Å². The fraction of sp³-hybridized carbons (Fsp3) is 0.353. The molecular formula is C17H18N2O2S2. The minimum Gasteiger partial charge on any atom is -0.352 e. The lowest BCUT2D eigenvalue weighted by molar-refractivity contribution is -0.129. The summed E-state index contributed by atoms with van der Waals surface area (Å²) in [5.41, 5.74) is 0.948. The number of amides is 2. The van der Waals surface area contributed by atoms with Gasteiger partial charge in [-0.2, -0.15) is 0 Å². The topological polar surface area (TPSA) is 49.4 Å². The van der Waals surface area contributed by atoms with Crippen molar-refractivity contribution in [3.05, 3.63) is 40.8 Å². The third-order valence-electron chi connectivity index (χ3n) is 3.99. The highest BCUT2D eigenvalue weighted by molar-refractivity contribution is 8.26. The van der Waals surface area contributed by atoms with Crippen LogP contribution in [0.2, 0.25) is 0 Å². The second kappa shape index (κ2) is 7.27. The lowest BCUT2D eigenvalue weighted by Gasteiger charge is -2.17. The molecule has 1 saturated carbocycles. The number of rotatable bonds is 4. The summed E-state index contributed by atoms with van der Waals surface area (Å²) in [4.78, 5) is 26.5. The van der Waals surface area contributed by atoms with Crippen molar-refractivity contribution in [1.29, 1.82) is 0 Å². The molecule has 1 aliphatic carbocycles. The number of nitrogens with one attached hydrogen (secondary N) is 1. The van der Waals surface area contributed by atoms with Gasteiger partial charge in [0.15, 0.2) is 0 Å². The minimum absolute atomic E-state index is 0.00724. The minimum atomic E-state index is -0.189. The van der Waals surface area contributed by atoms with Crippen molar-refractivity contribution in [2.45, 2.75) is 31.7 Å². The van der Waals surface area contributed by atoms with Crippen LogP contribution in [-0.4, -0.2) is 33.6 Å². The van der Waals surface area contributed by atoms with Gasteiger partial charge in [-0.05, 0) is 24.5 Å². The number of thiocarbonyl (C=S) groups is 1. The maximum atomic E-state index is 12.5. The first kappa shape index (κ1) is 16.2. The van der Waals surface area contributed by atoms with Crippen molar-refractivity contribution in [3.63, 3.8) is 0 Å². The summed E-state index contributed by atoms with van der Waals surface area (Å²) in [6.07, 6.45) is 6.18. The fourth-order valence-electron chi connectivity index (χ4n) is 2.82. The second-order valence-corrected chi connectivity index (χ2v) is 7.40. The summed E-state index contributed by atoms with van der Waals surface area (Å²) in [7, 11) is 0. The van der Waals surface area contributed by atoms with Gasteiger partial charge in [-0.1, -0.05) is 67.2 Å². The van der Waals surface area contributed by atoms with E-state index in [0.29, 0.717) is 9.23 Å². The first-order chi connectivity index (χ1) is 11.1. The number of thioether (sulfide) groups is 1. The third-order valence-corrected chi connectivity index (χ3v) is 5.37. The van der Waals surface area contributed by atoms with Crippen LogP contribution >= 0.6 is 24.0 Å². The Kier molecular flexibility index (Phi) is 5.13. The van der Waals surface area contributed by atoms with Crippen LogP contribution in [0, 0.1) is 0 Å². The molecule has 2 aliphatic rings. The molecule has 0 unspecified atom stereocenters. The van der Waals surface area contributed by atoms with Gasteiger partial charge in [0.25, 0.3) is 5.91 Å². The molecule has 120 valence electrons. The van der Waals surface area contributed by atoms with E-state index in [9.17, 15) is 9.59 Å². The zero-order valence-corrected chi connectivity index (χ0v) is 14.3. The maximum absolute atomic E-state index is 12.5. The third kappa shape index (κ3) is 4.00. The van der Waals surface area contributed by atoms with Gasteiger partial charge < -0.3 is 5.32 Å². The smallest absolute Gasteiger partial charge is 0.266 e. The van der Waals surface area contributed by atoms with Crippen molar-refractivity contribution >= 4 is 46.2 Å². The summed E-state index contributed by atoms with van der Waals surface area (Å²) in [5, 5.41) is 2.99. The van der Waals surface area contributed by atoms with Gasteiger partial charge in [-0.3, -0.25) is 14.5 Å². The number of hydrogen-bond acceptors (Lipinski definition) is 4. The first-order valence-electron chi connectivity index (χ1n) is 7.73. The summed E-state index contributed by atoms with van der Waals surface area (Å²) >= 11 is 6.51. The van der Waals surface area contributed by atoms with Gasteiger partial charge in [-0.25, -0.2) is 0 Å². The Morgan fingerprint density at radius 3 is 2.70 bits per heavy atom. The van der Waals surface area contributed by atoms with E-state index in [4.69, 9.17) is 12.2 Å². The quantitative estimate of drug-likeness (QED) is 0.673. The largest absolute Gasteiger partial charge is 0.352 e. The van der Waals surface area contributed by atoms with Gasteiger partial charge in [0.1, 0.15) is 10.9 Å². The molecule has 1 saturated heterocycles. The highest BCUT2D eigenvalue weighted by atomic mass is 32.2. The van der Waals surface area contributed by atoms with Crippen LogP contribution in [0.1, 0.15) is 31.2 Å². The molecule has 1 N–H and O–H groups in total. The van der Waals surface area contributed by atoms with Crippen molar-refractivity contribution < 1.29 is 9.59 Å². The van der Waals surface area contributed by atoms with Crippen molar-refractivity contribution in [2.75, 3.05) is 6.54 Å². The number of hydrogen-bond donors (Lipinski definition) is 1. The average molecular weight is 346 g/mol. The van der Waals surface area contributed by atoms with Crippen molar-refractivity contribution in [2.24, 2.45) is 0 Å². The van der Waals surface area contributed by atoms with E-state index in [2.05, 4.69) is 5.32 Å². The number of nitrogens with zero attached hydrogens (tertiary/aromatic N) is 1. The van der Waals surface area contributed by atoms with Gasteiger partial charge in [0.2, 0.25) is 5.91 Å². The molecule has 0 spiro atoms. The zero-order chi connectivity index (χ0) is 16.2. The molecule has 23 heavy (non-hydrogen) atoms. The Morgan fingerprint density at radius 1 is 1.30 bits per heavy atom. The van der Waals surface area contributed by atoms with E-state index in [1.807, 2.05) is 36.4 Å². The van der Waals surface area contributed by atoms with Gasteiger partial charge in [-0.15, -0.1) is 0 Å². The summed E-state index contributed by atoms with van der Waals surface area (Å²) in [6, 6.07) is 9.87. The fourth-order valence-corrected chi connectivity index (χ4v) is 4.08. The predicted molar refractivity (Wildman–Crippen MR) is 96.7 cm³/mol. The molecule has 1 heterocycles. The summed E-state index contributed by atoms with van der Waals surface area (Å²) < 4.78 is 0.443. The normalized spacial score (nSPS) is 20.5. The monoisotopic (exact) mass is 346 g/mol. The second-order valence-electron chi connectivity index (χ2n) is 5.73. The molecule has 0 radical (unpaired) electrons. The Bertz CT molecular complexity index is 652. The molecule has 2 fully saturated rings. The molecule has 3 rings (SSSR count). The molecule has 6 heteroatoms. The van der Waals surface area contributed by atoms with E-state index >= 15 is 0 Å². The molecule has 1 aromatic carbocycles. The number of carbonyl (C=O) groups excluding carboxylic acids is 2. The van der Waals surface area contributed by atoms with Crippen LogP contribution in [0.15, 0.2) is 35.2 Å².